The SMILES string of the molecule is CCCCOc1nc(N)c2nc(OC)n(Cc3ccc(OCCCN(C)CCOc4cccc(CC(=O)OC)c4)nc3)c2n1. The van der Waals surface area contributed by atoms with Crippen molar-refractivity contribution in [1.29, 1.82) is 0 Å². The number of anilines is 1. The Labute approximate surface area is 257 Å². The summed E-state index contributed by atoms with van der Waals surface area (Å²) in [6.45, 7) is 5.67. The second-order valence-corrected chi connectivity index (χ2v) is 10.2. The van der Waals surface area contributed by atoms with Crippen LogP contribution >= 0.6 is 0 Å². The van der Waals surface area contributed by atoms with Gasteiger partial charge < -0.3 is 34.3 Å². The molecule has 3 aromatic heterocycles. The summed E-state index contributed by atoms with van der Waals surface area (Å²) in [4.78, 5) is 31.4. The standard InChI is InChI=1S/C31H41N7O6/c1-5-6-15-44-30-35-28(32)27-29(36-30)38(31(34-27)41-4)21-23-11-12-25(33-20-23)43-16-8-13-37(2)14-17-42-24-10-7-9-22(18-24)19-26(39)40-3/h7,9-12,18,20H,5-6,8,13-17,19,21H2,1-4H3,(H2,32,35,36). The van der Waals surface area contributed by atoms with Gasteiger partial charge in [0.2, 0.25) is 5.88 Å². The summed E-state index contributed by atoms with van der Waals surface area (Å²) >= 11 is 0. The third-order valence-electron chi connectivity index (χ3n) is 6.77. The molecule has 13 heteroatoms. The van der Waals surface area contributed by atoms with Gasteiger partial charge in [-0.05, 0) is 43.1 Å². The first-order valence-corrected chi connectivity index (χ1v) is 14.7. The molecule has 4 rings (SSSR count). The number of carbonyl (C=O) groups excluding carboxylic acids is 1. The Hall–Kier alpha value is -4.65. The molecular formula is C31H41N7O6. The molecule has 236 valence electrons. The Morgan fingerprint density at radius 1 is 0.955 bits per heavy atom. The molecule has 2 N–H and O–H groups in total. The molecule has 0 fully saturated rings. The lowest BCUT2D eigenvalue weighted by molar-refractivity contribution is -0.139. The van der Waals surface area contributed by atoms with Gasteiger partial charge in [-0.15, -0.1) is 0 Å². The second-order valence-electron chi connectivity index (χ2n) is 10.2. The molecule has 4 aromatic rings. The highest BCUT2D eigenvalue weighted by atomic mass is 16.5. The number of imidazole rings is 1. The fourth-order valence-electron chi connectivity index (χ4n) is 4.35. The van der Waals surface area contributed by atoms with Gasteiger partial charge in [-0.2, -0.15) is 15.0 Å². The smallest absolute Gasteiger partial charge is 0.320 e. The summed E-state index contributed by atoms with van der Waals surface area (Å²) in [5.74, 6) is 1.24. The van der Waals surface area contributed by atoms with E-state index in [2.05, 4.69) is 31.8 Å². The third-order valence-corrected chi connectivity index (χ3v) is 6.77. The Bertz CT molecular complexity index is 1500. The van der Waals surface area contributed by atoms with Crippen molar-refractivity contribution in [3.63, 3.8) is 0 Å². The largest absolute Gasteiger partial charge is 0.492 e. The minimum atomic E-state index is -0.275. The Kier molecular flexibility index (Phi) is 11.9. The number of aromatic nitrogens is 5. The number of esters is 1. The van der Waals surface area contributed by atoms with Crippen molar-refractivity contribution >= 4 is 23.0 Å². The zero-order valence-corrected chi connectivity index (χ0v) is 25.8. The zero-order valence-electron chi connectivity index (χ0n) is 25.8. The number of fused-ring (bicyclic) bond motifs is 1. The summed E-state index contributed by atoms with van der Waals surface area (Å²) < 4.78 is 29.4. The van der Waals surface area contributed by atoms with Gasteiger partial charge in [0.1, 0.15) is 12.4 Å². The molecule has 0 radical (unpaired) electrons. The van der Waals surface area contributed by atoms with Crippen LogP contribution in [-0.2, 0) is 22.5 Å². The number of hydrogen-bond acceptors (Lipinski definition) is 12. The van der Waals surface area contributed by atoms with Gasteiger partial charge in [0, 0.05) is 25.4 Å². The number of hydrogen-bond donors (Lipinski definition) is 1. The number of rotatable bonds is 18. The van der Waals surface area contributed by atoms with Crippen LogP contribution in [0.5, 0.6) is 23.7 Å². The molecule has 13 nitrogen and oxygen atoms in total. The minimum Gasteiger partial charge on any atom is -0.492 e. The number of unbranched alkanes of at least 4 members (excludes halogenated alkanes) is 1. The van der Waals surface area contributed by atoms with E-state index in [0.717, 1.165) is 49.2 Å². The van der Waals surface area contributed by atoms with Crippen LogP contribution in [0, 0.1) is 0 Å². The quantitative estimate of drug-likeness (QED) is 0.130. The molecule has 3 heterocycles. The van der Waals surface area contributed by atoms with Crippen LogP contribution < -0.4 is 24.7 Å². The van der Waals surface area contributed by atoms with E-state index in [1.54, 1.807) is 13.3 Å². The van der Waals surface area contributed by atoms with E-state index in [1.807, 2.05) is 48.0 Å². The van der Waals surface area contributed by atoms with Crippen molar-refractivity contribution in [1.82, 2.24) is 29.4 Å². The lowest BCUT2D eigenvalue weighted by Gasteiger charge is -2.17. The first-order valence-electron chi connectivity index (χ1n) is 14.7. The van der Waals surface area contributed by atoms with E-state index in [0.29, 0.717) is 49.4 Å². The monoisotopic (exact) mass is 607 g/mol. The normalized spacial score (nSPS) is 11.1. The molecule has 0 aliphatic rings. The highest BCUT2D eigenvalue weighted by Gasteiger charge is 2.18. The Morgan fingerprint density at radius 3 is 2.55 bits per heavy atom. The highest BCUT2D eigenvalue weighted by molar-refractivity contribution is 5.83. The predicted octanol–water partition coefficient (Wildman–Crippen LogP) is 3.53. The lowest BCUT2D eigenvalue weighted by Crippen LogP contribution is -2.26. The third kappa shape index (κ3) is 9.17. The summed E-state index contributed by atoms with van der Waals surface area (Å²) in [5, 5.41) is 0. The summed E-state index contributed by atoms with van der Waals surface area (Å²) in [5.41, 5.74) is 8.90. The molecule has 0 bridgehead atoms. The first-order chi connectivity index (χ1) is 21.4. The molecule has 0 aliphatic carbocycles. The van der Waals surface area contributed by atoms with Crippen molar-refractivity contribution in [3.8, 4) is 23.7 Å². The van der Waals surface area contributed by atoms with Crippen LogP contribution in [0.25, 0.3) is 11.2 Å². The molecular weight excluding hydrogens is 566 g/mol. The summed E-state index contributed by atoms with van der Waals surface area (Å²) in [7, 11) is 4.97. The van der Waals surface area contributed by atoms with E-state index in [1.165, 1.54) is 7.11 Å². The maximum atomic E-state index is 11.5. The van der Waals surface area contributed by atoms with Crippen molar-refractivity contribution < 1.29 is 28.5 Å². The maximum Gasteiger partial charge on any atom is 0.320 e. The number of nitrogen functional groups attached to an aromatic ring is 1. The van der Waals surface area contributed by atoms with Crippen LogP contribution in [0.15, 0.2) is 42.6 Å². The van der Waals surface area contributed by atoms with Crippen molar-refractivity contribution in [2.24, 2.45) is 0 Å². The average Bonchev–Trinajstić information content (AvgIpc) is 3.38. The van der Waals surface area contributed by atoms with Gasteiger partial charge in [0.05, 0.1) is 40.4 Å². The molecule has 0 unspecified atom stereocenters. The average molecular weight is 608 g/mol. The van der Waals surface area contributed by atoms with Crippen LogP contribution in [0.3, 0.4) is 0 Å². The highest BCUT2D eigenvalue weighted by Crippen LogP contribution is 2.26. The number of carbonyl (C=O) groups is 1. The molecule has 0 amide bonds. The van der Waals surface area contributed by atoms with E-state index in [-0.39, 0.29) is 24.2 Å². The number of nitrogens with zero attached hydrogens (tertiary/aromatic N) is 6. The molecule has 0 atom stereocenters. The zero-order chi connectivity index (χ0) is 31.3. The number of likely N-dealkylation sites (N-methyl/N-ethyl adjacent to an activating group) is 1. The summed E-state index contributed by atoms with van der Waals surface area (Å²) in [6, 6.07) is 11.9. The fourth-order valence-corrected chi connectivity index (χ4v) is 4.35. The molecule has 0 saturated carbocycles. The van der Waals surface area contributed by atoms with E-state index < -0.39 is 0 Å². The van der Waals surface area contributed by atoms with Crippen molar-refractivity contribution in [3.05, 3.63) is 53.7 Å². The molecule has 44 heavy (non-hydrogen) atoms. The number of methoxy groups -OCH3 is 2. The van der Waals surface area contributed by atoms with Crippen LogP contribution in [0.2, 0.25) is 0 Å². The minimum absolute atomic E-state index is 0.217. The van der Waals surface area contributed by atoms with Crippen molar-refractivity contribution in [2.75, 3.05) is 59.9 Å². The van der Waals surface area contributed by atoms with Gasteiger partial charge in [-0.25, -0.2) is 4.98 Å². The van der Waals surface area contributed by atoms with Gasteiger partial charge >= 0.3 is 12.0 Å². The van der Waals surface area contributed by atoms with Crippen LogP contribution in [-0.4, -0.2) is 89.5 Å². The Balaban J connectivity index is 1.22. The topological polar surface area (TPSA) is 149 Å². The molecule has 0 spiro atoms. The van der Waals surface area contributed by atoms with Gasteiger partial charge in [-0.3, -0.25) is 9.36 Å². The Morgan fingerprint density at radius 2 is 1.80 bits per heavy atom. The fraction of sp³-hybridized carbons (Fsp3) is 0.452. The lowest BCUT2D eigenvalue weighted by atomic mass is 10.1. The predicted molar refractivity (Wildman–Crippen MR) is 165 cm³/mol. The van der Waals surface area contributed by atoms with E-state index in [9.17, 15) is 4.79 Å². The van der Waals surface area contributed by atoms with Crippen molar-refractivity contribution in [2.45, 2.75) is 39.2 Å². The van der Waals surface area contributed by atoms with E-state index in [4.69, 9.17) is 29.4 Å². The first kappa shape index (κ1) is 32.3. The van der Waals surface area contributed by atoms with Gasteiger partial charge in [0.15, 0.2) is 17.0 Å². The summed E-state index contributed by atoms with van der Waals surface area (Å²) in [6.07, 6.45) is 4.71. The molecule has 1 aromatic carbocycles. The number of ether oxygens (including phenoxy) is 5. The number of nitrogens with two attached hydrogens (primary N) is 1. The van der Waals surface area contributed by atoms with Gasteiger partial charge in [-0.1, -0.05) is 31.5 Å². The maximum absolute atomic E-state index is 11.5. The second kappa shape index (κ2) is 16.3. The van der Waals surface area contributed by atoms with Crippen LogP contribution in [0.4, 0.5) is 5.82 Å². The number of benzene rings is 1. The molecule has 0 saturated heterocycles. The van der Waals surface area contributed by atoms with Crippen LogP contribution in [0.1, 0.15) is 37.3 Å². The number of pyridine rings is 1. The molecule has 0 aliphatic heterocycles. The van der Waals surface area contributed by atoms with Gasteiger partial charge in [0.25, 0.3) is 6.01 Å². The van der Waals surface area contributed by atoms with E-state index >= 15 is 0 Å².